The molecule has 0 bridgehead atoms. The van der Waals surface area contributed by atoms with Gasteiger partial charge in [0.05, 0.1) is 11.2 Å². The van der Waals surface area contributed by atoms with E-state index in [0.717, 1.165) is 5.56 Å². The highest BCUT2D eigenvalue weighted by atomic mass is 35.5. The second-order valence-electron chi connectivity index (χ2n) is 5.55. The first-order valence-electron chi connectivity index (χ1n) is 7.84. The number of benzene rings is 2. The third kappa shape index (κ3) is 4.02. The van der Waals surface area contributed by atoms with E-state index < -0.39 is 5.76 Å². The summed E-state index contributed by atoms with van der Waals surface area (Å²) in [5.74, 6) is -0.272. The van der Waals surface area contributed by atoms with Crippen molar-refractivity contribution in [2.24, 2.45) is 0 Å². The molecule has 2 N–H and O–H groups in total. The van der Waals surface area contributed by atoms with Crippen molar-refractivity contribution in [2.75, 3.05) is 11.9 Å². The molecule has 7 nitrogen and oxygen atoms in total. The van der Waals surface area contributed by atoms with E-state index in [2.05, 4.69) is 15.3 Å². The van der Waals surface area contributed by atoms with Crippen LogP contribution in [0.25, 0.3) is 22.4 Å². The summed E-state index contributed by atoms with van der Waals surface area (Å²) in [6.45, 7) is -0.140. The first-order chi connectivity index (χ1) is 13.1. The van der Waals surface area contributed by atoms with Crippen LogP contribution in [-0.4, -0.2) is 22.5 Å². The predicted octanol–water partition coefficient (Wildman–Crippen LogP) is 3.92. The predicted molar refractivity (Wildman–Crippen MR) is 104 cm³/mol. The SMILES string of the molecule is O=C(COc1ccc(Cl)cc1)Nc1nc(-c2ccc3oc(=O)[nH]c3c2)cs1. The summed E-state index contributed by atoms with van der Waals surface area (Å²) < 4.78 is 10.4. The number of hydrogen-bond acceptors (Lipinski definition) is 6. The van der Waals surface area contributed by atoms with Gasteiger partial charge in [-0.05, 0) is 42.5 Å². The fourth-order valence-corrected chi connectivity index (χ4v) is 3.27. The average molecular weight is 402 g/mol. The summed E-state index contributed by atoms with van der Waals surface area (Å²) in [5.41, 5.74) is 2.55. The molecule has 4 rings (SSSR count). The second-order valence-corrected chi connectivity index (χ2v) is 6.85. The van der Waals surface area contributed by atoms with Gasteiger partial charge in [-0.25, -0.2) is 9.78 Å². The summed E-state index contributed by atoms with van der Waals surface area (Å²) in [7, 11) is 0. The second kappa shape index (κ2) is 7.26. The molecule has 2 heterocycles. The number of amides is 1. The minimum Gasteiger partial charge on any atom is -0.484 e. The van der Waals surface area contributed by atoms with Gasteiger partial charge in [-0.2, -0.15) is 0 Å². The van der Waals surface area contributed by atoms with Crippen LogP contribution in [0.1, 0.15) is 0 Å². The van der Waals surface area contributed by atoms with E-state index >= 15 is 0 Å². The smallest absolute Gasteiger partial charge is 0.417 e. The molecule has 0 fully saturated rings. The number of nitrogens with zero attached hydrogens (tertiary/aromatic N) is 1. The summed E-state index contributed by atoms with van der Waals surface area (Å²) in [6, 6.07) is 12.0. The highest BCUT2D eigenvalue weighted by molar-refractivity contribution is 7.14. The Bertz CT molecular complexity index is 1160. The number of H-pyrrole nitrogens is 1. The molecule has 9 heteroatoms. The van der Waals surface area contributed by atoms with Gasteiger partial charge in [0.1, 0.15) is 5.75 Å². The molecule has 0 aliphatic carbocycles. The molecule has 1 amide bonds. The number of aromatic amines is 1. The zero-order valence-electron chi connectivity index (χ0n) is 13.7. The number of halogens is 1. The number of nitrogens with one attached hydrogen (secondary N) is 2. The van der Waals surface area contributed by atoms with Crippen LogP contribution >= 0.6 is 22.9 Å². The quantitative estimate of drug-likeness (QED) is 0.528. The van der Waals surface area contributed by atoms with Crippen LogP contribution in [0.15, 0.2) is 57.1 Å². The first-order valence-corrected chi connectivity index (χ1v) is 9.09. The Kier molecular flexibility index (Phi) is 4.66. The van der Waals surface area contributed by atoms with Gasteiger partial charge < -0.3 is 9.15 Å². The fourth-order valence-electron chi connectivity index (χ4n) is 2.41. The largest absolute Gasteiger partial charge is 0.484 e. The van der Waals surface area contributed by atoms with Crippen molar-refractivity contribution >= 4 is 45.1 Å². The molecule has 0 aliphatic heterocycles. The lowest BCUT2D eigenvalue weighted by Crippen LogP contribution is -2.20. The van der Waals surface area contributed by atoms with Gasteiger partial charge in [0.25, 0.3) is 5.91 Å². The Hall–Kier alpha value is -3.10. The fraction of sp³-hybridized carbons (Fsp3) is 0.0556. The van der Waals surface area contributed by atoms with E-state index in [-0.39, 0.29) is 12.5 Å². The lowest BCUT2D eigenvalue weighted by Gasteiger charge is -2.05. The van der Waals surface area contributed by atoms with E-state index in [1.807, 2.05) is 5.38 Å². The number of thiazole rings is 1. The van der Waals surface area contributed by atoms with Crippen molar-refractivity contribution in [2.45, 2.75) is 0 Å². The van der Waals surface area contributed by atoms with Gasteiger partial charge in [0.2, 0.25) is 0 Å². The van der Waals surface area contributed by atoms with E-state index in [4.69, 9.17) is 20.8 Å². The van der Waals surface area contributed by atoms with Crippen molar-refractivity contribution < 1.29 is 13.9 Å². The summed E-state index contributed by atoms with van der Waals surface area (Å²) in [5, 5.41) is 5.56. The van der Waals surface area contributed by atoms with Gasteiger partial charge in [0, 0.05) is 16.0 Å². The lowest BCUT2D eigenvalue weighted by atomic mass is 10.1. The molecule has 2 aromatic carbocycles. The maximum absolute atomic E-state index is 12.0. The maximum Gasteiger partial charge on any atom is 0.417 e. The molecule has 4 aromatic rings. The summed E-state index contributed by atoms with van der Waals surface area (Å²) in [6.07, 6.45) is 0. The first kappa shape index (κ1) is 17.3. The van der Waals surface area contributed by atoms with Crippen LogP contribution in [0.2, 0.25) is 5.02 Å². The number of ether oxygens (including phenoxy) is 1. The highest BCUT2D eigenvalue weighted by Gasteiger charge is 2.10. The standard InChI is InChI=1S/C18H12ClN3O4S/c19-11-2-4-12(5-3-11)25-8-16(23)22-17-20-14(9-27-17)10-1-6-15-13(7-10)21-18(24)26-15/h1-7,9H,8H2,(H,21,24)(H,20,22,23). The van der Waals surface area contributed by atoms with Crippen LogP contribution in [0.3, 0.4) is 0 Å². The Morgan fingerprint density at radius 2 is 2.07 bits per heavy atom. The molecule has 27 heavy (non-hydrogen) atoms. The molecule has 0 aliphatic rings. The minimum atomic E-state index is -0.505. The molecule has 0 radical (unpaired) electrons. The van der Waals surface area contributed by atoms with Crippen molar-refractivity contribution in [1.82, 2.24) is 9.97 Å². The van der Waals surface area contributed by atoms with Crippen LogP contribution in [-0.2, 0) is 4.79 Å². The van der Waals surface area contributed by atoms with Crippen LogP contribution in [0.5, 0.6) is 5.75 Å². The minimum absolute atomic E-state index is 0.140. The zero-order chi connectivity index (χ0) is 18.8. The van der Waals surface area contributed by atoms with Crippen molar-refractivity contribution in [3.05, 3.63) is 63.4 Å². The van der Waals surface area contributed by atoms with Crippen molar-refractivity contribution in [3.8, 4) is 17.0 Å². The Balaban J connectivity index is 1.41. The maximum atomic E-state index is 12.0. The Morgan fingerprint density at radius 3 is 2.89 bits per heavy atom. The highest BCUT2D eigenvalue weighted by Crippen LogP contribution is 2.27. The summed E-state index contributed by atoms with van der Waals surface area (Å²) in [4.78, 5) is 30.3. The molecular weight excluding hydrogens is 390 g/mol. The van der Waals surface area contributed by atoms with Gasteiger partial charge in [-0.15, -0.1) is 11.3 Å². The molecule has 0 unspecified atom stereocenters. The normalized spacial score (nSPS) is 10.9. The van der Waals surface area contributed by atoms with Gasteiger partial charge in [0.15, 0.2) is 17.3 Å². The molecular formula is C18H12ClN3O4S. The molecule has 2 aromatic heterocycles. The zero-order valence-corrected chi connectivity index (χ0v) is 15.3. The number of oxazole rings is 1. The number of rotatable bonds is 5. The van der Waals surface area contributed by atoms with Crippen LogP contribution in [0.4, 0.5) is 5.13 Å². The van der Waals surface area contributed by atoms with E-state index in [9.17, 15) is 9.59 Å². The number of carbonyl (C=O) groups is 1. The van der Waals surface area contributed by atoms with Crippen molar-refractivity contribution in [3.63, 3.8) is 0 Å². The monoisotopic (exact) mass is 401 g/mol. The lowest BCUT2D eigenvalue weighted by molar-refractivity contribution is -0.118. The number of fused-ring (bicyclic) bond motifs is 1. The molecule has 0 atom stereocenters. The third-order valence-corrected chi connectivity index (χ3v) is 4.66. The van der Waals surface area contributed by atoms with Crippen LogP contribution < -0.4 is 15.8 Å². The Morgan fingerprint density at radius 1 is 1.26 bits per heavy atom. The third-order valence-electron chi connectivity index (χ3n) is 3.65. The number of aromatic nitrogens is 2. The van der Waals surface area contributed by atoms with E-state index in [1.165, 1.54) is 11.3 Å². The van der Waals surface area contributed by atoms with Gasteiger partial charge >= 0.3 is 5.76 Å². The van der Waals surface area contributed by atoms with Gasteiger partial charge in [-0.3, -0.25) is 15.1 Å². The molecule has 136 valence electrons. The molecule has 0 saturated carbocycles. The Labute approximate surface area is 161 Å². The van der Waals surface area contributed by atoms with Crippen molar-refractivity contribution in [1.29, 1.82) is 0 Å². The topological polar surface area (TPSA) is 97.2 Å². The van der Waals surface area contributed by atoms with E-state index in [1.54, 1.807) is 42.5 Å². The number of anilines is 1. The molecule has 0 saturated heterocycles. The number of carbonyl (C=O) groups excluding carboxylic acids is 1. The molecule has 0 spiro atoms. The number of hydrogen-bond donors (Lipinski definition) is 2. The van der Waals surface area contributed by atoms with Crippen LogP contribution in [0, 0.1) is 0 Å². The summed E-state index contributed by atoms with van der Waals surface area (Å²) >= 11 is 7.10. The van der Waals surface area contributed by atoms with Gasteiger partial charge in [-0.1, -0.05) is 11.6 Å². The average Bonchev–Trinajstić information content (AvgIpc) is 3.26. The van der Waals surface area contributed by atoms with E-state index in [0.29, 0.717) is 32.7 Å².